The van der Waals surface area contributed by atoms with Crippen LogP contribution in [0.15, 0.2) is 17.0 Å². The molecule has 0 atom stereocenters. The molecule has 118 valence electrons. The zero-order valence-corrected chi connectivity index (χ0v) is 14.0. The van der Waals surface area contributed by atoms with Gasteiger partial charge in [-0.1, -0.05) is 25.8 Å². The number of sulfonamides is 1. The van der Waals surface area contributed by atoms with Gasteiger partial charge in [-0.05, 0) is 37.5 Å². The molecule has 0 saturated carbocycles. The van der Waals surface area contributed by atoms with Crippen molar-refractivity contribution in [3.63, 3.8) is 0 Å². The van der Waals surface area contributed by atoms with Crippen molar-refractivity contribution < 1.29 is 13.2 Å². The number of aryl methyl sites for hydroxylation is 2. The summed E-state index contributed by atoms with van der Waals surface area (Å²) in [5.74, 6) is -0.173. The number of nitrogens with two attached hydrogens (primary N) is 1. The van der Waals surface area contributed by atoms with Crippen molar-refractivity contribution in [3.8, 4) is 0 Å². The van der Waals surface area contributed by atoms with Gasteiger partial charge < -0.3 is 4.90 Å². The Labute approximate surface area is 127 Å². The Morgan fingerprint density at radius 1 is 1.19 bits per heavy atom. The molecule has 0 fully saturated rings. The Morgan fingerprint density at radius 2 is 1.81 bits per heavy atom. The van der Waals surface area contributed by atoms with Gasteiger partial charge in [-0.15, -0.1) is 0 Å². The highest BCUT2D eigenvalue weighted by atomic mass is 32.2. The molecule has 0 aliphatic carbocycles. The topological polar surface area (TPSA) is 80.5 Å². The van der Waals surface area contributed by atoms with Crippen molar-refractivity contribution in [2.45, 2.75) is 44.9 Å². The van der Waals surface area contributed by atoms with Gasteiger partial charge in [0.05, 0.1) is 4.90 Å². The molecule has 6 heteroatoms. The van der Waals surface area contributed by atoms with E-state index in [0.717, 1.165) is 24.8 Å². The van der Waals surface area contributed by atoms with Crippen molar-refractivity contribution >= 4 is 15.9 Å². The van der Waals surface area contributed by atoms with E-state index in [9.17, 15) is 13.2 Å². The van der Waals surface area contributed by atoms with Gasteiger partial charge in [0.2, 0.25) is 10.0 Å². The molecule has 2 N–H and O–H groups in total. The van der Waals surface area contributed by atoms with Crippen LogP contribution in [0.4, 0.5) is 0 Å². The van der Waals surface area contributed by atoms with Crippen LogP contribution < -0.4 is 5.14 Å². The molecule has 5 nitrogen and oxygen atoms in total. The molecular weight excluding hydrogens is 288 g/mol. The lowest BCUT2D eigenvalue weighted by molar-refractivity contribution is 0.0791. The molecule has 0 aromatic heterocycles. The second kappa shape index (κ2) is 7.04. The Bertz CT molecular complexity index is 624. The fraction of sp³-hybridized carbons (Fsp3) is 0.533. The summed E-state index contributed by atoms with van der Waals surface area (Å²) >= 11 is 0. The predicted octanol–water partition coefficient (Wildman–Crippen LogP) is 2.21. The summed E-state index contributed by atoms with van der Waals surface area (Å²) in [6.45, 7) is 6.23. The fourth-order valence-corrected chi connectivity index (χ4v) is 3.07. The van der Waals surface area contributed by atoms with E-state index in [0.29, 0.717) is 17.7 Å². The molecule has 0 bridgehead atoms. The summed E-state index contributed by atoms with van der Waals surface area (Å²) in [5, 5.41) is 5.20. The molecular formula is C15H24N2O3S. The molecule has 1 rings (SSSR count). The van der Waals surface area contributed by atoms with Crippen LogP contribution in [0.5, 0.6) is 0 Å². The molecule has 0 saturated heterocycles. The number of benzene rings is 1. The number of carbonyl (C=O) groups is 1. The molecule has 1 amide bonds. The third kappa shape index (κ3) is 4.54. The molecule has 0 aliphatic rings. The van der Waals surface area contributed by atoms with Crippen LogP contribution in [0.2, 0.25) is 0 Å². The minimum atomic E-state index is -3.82. The van der Waals surface area contributed by atoms with Gasteiger partial charge in [-0.25, -0.2) is 13.6 Å². The molecule has 0 heterocycles. The van der Waals surface area contributed by atoms with Gasteiger partial charge in [-0.3, -0.25) is 4.79 Å². The first-order valence-electron chi connectivity index (χ1n) is 7.08. The van der Waals surface area contributed by atoms with E-state index in [1.54, 1.807) is 31.9 Å². The lowest BCUT2D eigenvalue weighted by Crippen LogP contribution is -2.29. The highest BCUT2D eigenvalue weighted by molar-refractivity contribution is 7.89. The van der Waals surface area contributed by atoms with Gasteiger partial charge in [-0.2, -0.15) is 0 Å². The van der Waals surface area contributed by atoms with Crippen LogP contribution in [0.1, 0.15) is 47.7 Å². The van der Waals surface area contributed by atoms with Crippen LogP contribution in [0.3, 0.4) is 0 Å². The average molecular weight is 312 g/mol. The van der Waals surface area contributed by atoms with Crippen molar-refractivity contribution in [1.82, 2.24) is 4.90 Å². The second-order valence-electron chi connectivity index (χ2n) is 5.41. The number of rotatable bonds is 6. The number of primary sulfonamides is 1. The Balaban J connectivity index is 3.10. The molecule has 1 aromatic carbocycles. The minimum absolute atomic E-state index is 0.0124. The maximum Gasteiger partial charge on any atom is 0.253 e. The van der Waals surface area contributed by atoms with E-state index in [2.05, 4.69) is 6.92 Å². The zero-order chi connectivity index (χ0) is 16.2. The quantitative estimate of drug-likeness (QED) is 0.818. The highest BCUT2D eigenvalue weighted by Gasteiger charge is 2.19. The maximum atomic E-state index is 12.4. The van der Waals surface area contributed by atoms with Crippen LogP contribution in [0.25, 0.3) is 0 Å². The number of amides is 1. The summed E-state index contributed by atoms with van der Waals surface area (Å²) < 4.78 is 23.1. The third-order valence-electron chi connectivity index (χ3n) is 3.50. The normalized spacial score (nSPS) is 11.5. The van der Waals surface area contributed by atoms with E-state index in [1.807, 2.05) is 0 Å². The van der Waals surface area contributed by atoms with E-state index in [4.69, 9.17) is 5.14 Å². The molecule has 21 heavy (non-hydrogen) atoms. The molecule has 0 spiro atoms. The van der Waals surface area contributed by atoms with Crippen molar-refractivity contribution in [3.05, 3.63) is 28.8 Å². The summed E-state index contributed by atoms with van der Waals surface area (Å²) in [5.41, 5.74) is 1.70. The van der Waals surface area contributed by atoms with E-state index >= 15 is 0 Å². The van der Waals surface area contributed by atoms with Crippen molar-refractivity contribution in [2.24, 2.45) is 5.14 Å². The molecule has 0 unspecified atom stereocenters. The SMILES string of the molecule is CCCCCN(C)C(=O)c1cc(S(N)(=O)=O)c(C)cc1C. The first-order chi connectivity index (χ1) is 9.68. The number of nitrogens with zero attached hydrogens (tertiary/aromatic N) is 1. The average Bonchev–Trinajstić information content (AvgIpc) is 2.36. The third-order valence-corrected chi connectivity index (χ3v) is 4.56. The van der Waals surface area contributed by atoms with Gasteiger partial charge in [0.1, 0.15) is 0 Å². The number of unbranched alkanes of at least 4 members (excludes halogenated alkanes) is 2. The van der Waals surface area contributed by atoms with Gasteiger partial charge in [0.25, 0.3) is 5.91 Å². The summed E-state index contributed by atoms with van der Waals surface area (Å²) in [6, 6.07) is 3.07. The second-order valence-corrected chi connectivity index (χ2v) is 6.94. The number of carbonyl (C=O) groups excluding carboxylic acids is 1. The number of hydrogen-bond donors (Lipinski definition) is 1. The van der Waals surface area contributed by atoms with Crippen LogP contribution in [0, 0.1) is 13.8 Å². The monoisotopic (exact) mass is 312 g/mol. The van der Waals surface area contributed by atoms with Crippen LogP contribution >= 0.6 is 0 Å². The summed E-state index contributed by atoms with van der Waals surface area (Å²) in [7, 11) is -2.09. The van der Waals surface area contributed by atoms with Gasteiger partial charge >= 0.3 is 0 Å². The maximum absolute atomic E-state index is 12.4. The molecule has 1 aromatic rings. The van der Waals surface area contributed by atoms with Crippen LogP contribution in [-0.2, 0) is 10.0 Å². The Kier molecular flexibility index (Phi) is 5.92. The lowest BCUT2D eigenvalue weighted by atomic mass is 10.0. The largest absolute Gasteiger partial charge is 0.342 e. The van der Waals surface area contributed by atoms with E-state index in [1.165, 1.54) is 6.07 Å². The van der Waals surface area contributed by atoms with Crippen molar-refractivity contribution in [1.29, 1.82) is 0 Å². The molecule has 0 radical (unpaired) electrons. The number of hydrogen-bond acceptors (Lipinski definition) is 3. The van der Waals surface area contributed by atoms with Crippen LogP contribution in [-0.4, -0.2) is 32.8 Å². The first kappa shape index (κ1) is 17.7. The Morgan fingerprint density at radius 3 is 2.33 bits per heavy atom. The fourth-order valence-electron chi connectivity index (χ4n) is 2.28. The highest BCUT2D eigenvalue weighted by Crippen LogP contribution is 2.20. The Hall–Kier alpha value is -1.40. The van der Waals surface area contributed by atoms with E-state index in [-0.39, 0.29) is 10.8 Å². The predicted molar refractivity (Wildman–Crippen MR) is 83.8 cm³/mol. The lowest BCUT2D eigenvalue weighted by Gasteiger charge is -2.19. The van der Waals surface area contributed by atoms with Gasteiger partial charge in [0, 0.05) is 19.2 Å². The smallest absolute Gasteiger partial charge is 0.253 e. The van der Waals surface area contributed by atoms with Crippen molar-refractivity contribution in [2.75, 3.05) is 13.6 Å². The molecule has 0 aliphatic heterocycles. The van der Waals surface area contributed by atoms with Gasteiger partial charge in [0.15, 0.2) is 0 Å². The summed E-state index contributed by atoms with van der Waals surface area (Å²) in [4.78, 5) is 14.1. The van der Waals surface area contributed by atoms with E-state index < -0.39 is 10.0 Å². The summed E-state index contributed by atoms with van der Waals surface area (Å²) in [6.07, 6.45) is 3.08. The standard InChI is InChI=1S/C15H24N2O3S/c1-5-6-7-8-17(4)15(18)13-10-14(21(16,19)20)12(3)9-11(13)2/h9-10H,5-8H2,1-4H3,(H2,16,19,20). The minimum Gasteiger partial charge on any atom is -0.342 e. The first-order valence-corrected chi connectivity index (χ1v) is 8.62. The zero-order valence-electron chi connectivity index (χ0n) is 13.1.